The molecule has 0 saturated heterocycles. The molecule has 1 aromatic carbocycles. The molecule has 0 atom stereocenters. The molecule has 1 aromatic heterocycles. The van der Waals surface area contributed by atoms with Crippen LogP contribution in [0.25, 0.3) is 0 Å². The molecule has 0 unspecified atom stereocenters. The maximum Gasteiger partial charge on any atom is 0.407 e. The van der Waals surface area contributed by atoms with Crippen LogP contribution in [0.1, 0.15) is 54.6 Å². The lowest BCUT2D eigenvalue weighted by molar-refractivity contribution is 0.0525. The first kappa shape index (κ1) is 23.1. The van der Waals surface area contributed by atoms with Crippen LogP contribution in [0.2, 0.25) is 0 Å². The molecule has 0 aliphatic rings. The Bertz CT molecular complexity index is 906. The smallest absolute Gasteiger partial charge is 0.407 e. The highest BCUT2D eigenvalue weighted by molar-refractivity contribution is 5.96. The molecule has 2 aromatic rings. The number of hydrogen-bond acceptors (Lipinski definition) is 7. The zero-order valence-corrected chi connectivity index (χ0v) is 18.5. The summed E-state index contributed by atoms with van der Waals surface area (Å²) in [6.07, 6.45) is 0.697. The van der Waals surface area contributed by atoms with E-state index in [0.717, 1.165) is 11.3 Å². The number of benzene rings is 1. The minimum atomic E-state index is -0.537. The van der Waals surface area contributed by atoms with Crippen molar-refractivity contribution < 1.29 is 19.1 Å². The van der Waals surface area contributed by atoms with Crippen molar-refractivity contribution in [3.05, 3.63) is 46.9 Å². The van der Waals surface area contributed by atoms with Gasteiger partial charge < -0.3 is 20.1 Å². The number of anilines is 2. The van der Waals surface area contributed by atoms with Crippen molar-refractivity contribution in [2.75, 3.05) is 19.0 Å². The molecule has 0 saturated carbocycles. The molecule has 0 fully saturated rings. The molecule has 1 amide bonds. The van der Waals surface area contributed by atoms with Gasteiger partial charge in [0.25, 0.3) is 0 Å². The number of aryl methyl sites for hydroxylation is 3. The first-order chi connectivity index (χ1) is 14.1. The van der Waals surface area contributed by atoms with Crippen molar-refractivity contribution in [1.29, 1.82) is 0 Å². The Morgan fingerprint density at radius 3 is 2.50 bits per heavy atom. The summed E-state index contributed by atoms with van der Waals surface area (Å²) in [7, 11) is 1.33. The van der Waals surface area contributed by atoms with E-state index in [1.165, 1.54) is 7.11 Å². The Morgan fingerprint density at radius 1 is 1.13 bits per heavy atom. The monoisotopic (exact) mass is 414 g/mol. The number of alkyl carbamates (subject to hydrolysis) is 1. The number of carbonyl (C=O) groups is 2. The number of carbonyl (C=O) groups excluding carboxylic acids is 2. The fourth-order valence-corrected chi connectivity index (χ4v) is 2.79. The van der Waals surface area contributed by atoms with Gasteiger partial charge in [0.2, 0.25) is 0 Å². The maximum atomic E-state index is 12.3. The van der Waals surface area contributed by atoms with Crippen LogP contribution in [0.4, 0.5) is 16.3 Å². The van der Waals surface area contributed by atoms with E-state index in [9.17, 15) is 9.59 Å². The van der Waals surface area contributed by atoms with Crippen molar-refractivity contribution in [2.24, 2.45) is 0 Å². The Labute approximate surface area is 177 Å². The second-order valence-electron chi connectivity index (χ2n) is 7.97. The summed E-state index contributed by atoms with van der Waals surface area (Å²) in [5.41, 5.74) is 2.19. The number of methoxy groups -OCH3 is 1. The van der Waals surface area contributed by atoms with E-state index < -0.39 is 17.7 Å². The molecule has 0 aliphatic heterocycles. The summed E-state index contributed by atoms with van der Waals surface area (Å²) < 4.78 is 10.1. The molecule has 0 aliphatic carbocycles. The van der Waals surface area contributed by atoms with Gasteiger partial charge in [-0.2, -0.15) is 0 Å². The standard InChI is InChI=1S/C22H30N4O4/c1-14-9-7-10-16(13-14)25-19-18(20(27)29-6)15(2)24-17(26-19)11-8-12-23-21(28)30-22(3,4)5/h7,9-10,13H,8,11-12H2,1-6H3,(H,23,28)(H,24,25,26). The second kappa shape index (κ2) is 10.0. The van der Waals surface area contributed by atoms with Crippen LogP contribution in [0.15, 0.2) is 24.3 Å². The predicted molar refractivity (Wildman–Crippen MR) is 115 cm³/mol. The Morgan fingerprint density at radius 2 is 1.87 bits per heavy atom. The molecular formula is C22H30N4O4. The van der Waals surface area contributed by atoms with E-state index in [1.54, 1.807) is 6.92 Å². The summed E-state index contributed by atoms with van der Waals surface area (Å²) in [6, 6.07) is 7.77. The number of aromatic nitrogens is 2. The number of rotatable bonds is 7. The number of nitrogens with one attached hydrogen (secondary N) is 2. The molecule has 2 N–H and O–H groups in total. The third-order valence-corrected chi connectivity index (χ3v) is 4.05. The lowest BCUT2D eigenvalue weighted by Crippen LogP contribution is -2.33. The molecule has 2 rings (SSSR count). The maximum absolute atomic E-state index is 12.3. The summed E-state index contributed by atoms with van der Waals surface area (Å²) in [4.78, 5) is 33.0. The number of esters is 1. The minimum absolute atomic E-state index is 0.301. The van der Waals surface area contributed by atoms with Crippen molar-refractivity contribution in [3.63, 3.8) is 0 Å². The molecule has 0 bridgehead atoms. The molecule has 30 heavy (non-hydrogen) atoms. The quantitative estimate of drug-likeness (QED) is 0.520. The van der Waals surface area contributed by atoms with E-state index in [2.05, 4.69) is 20.6 Å². The highest BCUT2D eigenvalue weighted by Crippen LogP contribution is 2.23. The van der Waals surface area contributed by atoms with Gasteiger partial charge in [0.05, 0.1) is 12.8 Å². The molecule has 8 nitrogen and oxygen atoms in total. The van der Waals surface area contributed by atoms with Crippen molar-refractivity contribution in [2.45, 2.75) is 53.1 Å². The van der Waals surface area contributed by atoms with Crippen molar-refractivity contribution >= 4 is 23.6 Å². The average molecular weight is 415 g/mol. The highest BCUT2D eigenvalue weighted by Gasteiger charge is 2.20. The molecular weight excluding hydrogens is 384 g/mol. The van der Waals surface area contributed by atoms with Crippen LogP contribution in [-0.4, -0.2) is 41.3 Å². The van der Waals surface area contributed by atoms with Crippen LogP contribution >= 0.6 is 0 Å². The minimum Gasteiger partial charge on any atom is -0.465 e. The van der Waals surface area contributed by atoms with Gasteiger partial charge in [0.1, 0.15) is 22.8 Å². The normalized spacial score (nSPS) is 11.0. The zero-order chi connectivity index (χ0) is 22.3. The molecule has 0 spiro atoms. The Balaban J connectivity index is 2.12. The van der Waals surface area contributed by atoms with Crippen molar-refractivity contribution in [1.82, 2.24) is 15.3 Å². The van der Waals surface area contributed by atoms with Gasteiger partial charge in [-0.05, 0) is 58.7 Å². The fourth-order valence-electron chi connectivity index (χ4n) is 2.79. The topological polar surface area (TPSA) is 102 Å². The third kappa shape index (κ3) is 7.02. The third-order valence-electron chi connectivity index (χ3n) is 4.05. The molecule has 8 heteroatoms. The predicted octanol–water partition coefficient (Wildman–Crippen LogP) is 4.08. The first-order valence-electron chi connectivity index (χ1n) is 9.85. The van der Waals surface area contributed by atoms with Crippen molar-refractivity contribution in [3.8, 4) is 0 Å². The van der Waals surface area contributed by atoms with E-state index in [-0.39, 0.29) is 0 Å². The lowest BCUT2D eigenvalue weighted by Gasteiger charge is -2.19. The van der Waals surface area contributed by atoms with Gasteiger partial charge in [-0.15, -0.1) is 0 Å². The van der Waals surface area contributed by atoms with Crippen LogP contribution in [0.5, 0.6) is 0 Å². The lowest BCUT2D eigenvalue weighted by atomic mass is 10.1. The summed E-state index contributed by atoms with van der Waals surface area (Å²) in [5, 5.41) is 5.92. The Hall–Kier alpha value is -3.16. The first-order valence-corrected chi connectivity index (χ1v) is 9.85. The van der Waals surface area contributed by atoms with E-state index >= 15 is 0 Å². The van der Waals surface area contributed by atoms with Crippen LogP contribution in [0.3, 0.4) is 0 Å². The number of nitrogens with zero attached hydrogens (tertiary/aromatic N) is 2. The molecule has 1 heterocycles. The van der Waals surface area contributed by atoms with E-state index in [1.807, 2.05) is 52.0 Å². The van der Waals surface area contributed by atoms with E-state index in [0.29, 0.717) is 42.3 Å². The van der Waals surface area contributed by atoms with Gasteiger partial charge in [0.15, 0.2) is 0 Å². The second-order valence-corrected chi connectivity index (χ2v) is 7.97. The van der Waals surface area contributed by atoms with Gasteiger partial charge in [-0.1, -0.05) is 12.1 Å². The molecule has 162 valence electrons. The Kier molecular flexibility index (Phi) is 7.74. The van der Waals surface area contributed by atoms with E-state index in [4.69, 9.17) is 9.47 Å². The molecule has 0 radical (unpaired) electrons. The number of amides is 1. The zero-order valence-electron chi connectivity index (χ0n) is 18.5. The van der Waals surface area contributed by atoms with Crippen LogP contribution in [-0.2, 0) is 15.9 Å². The average Bonchev–Trinajstić information content (AvgIpc) is 2.63. The van der Waals surface area contributed by atoms with Gasteiger partial charge in [-0.3, -0.25) is 0 Å². The van der Waals surface area contributed by atoms with Crippen LogP contribution in [0, 0.1) is 13.8 Å². The summed E-state index contributed by atoms with van der Waals surface area (Å²) in [6.45, 7) is 9.60. The van der Waals surface area contributed by atoms with Crippen LogP contribution < -0.4 is 10.6 Å². The highest BCUT2D eigenvalue weighted by atomic mass is 16.6. The number of ether oxygens (including phenoxy) is 2. The fraction of sp³-hybridized carbons (Fsp3) is 0.455. The van der Waals surface area contributed by atoms with Gasteiger partial charge in [0, 0.05) is 18.7 Å². The SMILES string of the molecule is COC(=O)c1c(C)nc(CCCNC(=O)OC(C)(C)C)nc1Nc1cccc(C)c1. The summed E-state index contributed by atoms with van der Waals surface area (Å²) in [5.74, 6) is 0.470. The van der Waals surface area contributed by atoms with Gasteiger partial charge >= 0.3 is 12.1 Å². The number of hydrogen-bond donors (Lipinski definition) is 2. The summed E-state index contributed by atoms with van der Waals surface area (Å²) >= 11 is 0. The van der Waals surface area contributed by atoms with Gasteiger partial charge in [-0.25, -0.2) is 19.6 Å². The largest absolute Gasteiger partial charge is 0.465 e.